The summed E-state index contributed by atoms with van der Waals surface area (Å²) in [5, 5.41) is 0. The van der Waals surface area contributed by atoms with Crippen molar-refractivity contribution in [3.8, 4) is 0 Å². The van der Waals surface area contributed by atoms with E-state index >= 15 is 0 Å². The molecule has 0 radical (unpaired) electrons. The van der Waals surface area contributed by atoms with E-state index in [2.05, 4.69) is 0 Å². The molecular formula is C13H20N2O3S. The van der Waals surface area contributed by atoms with Crippen molar-refractivity contribution in [3.05, 3.63) is 23.5 Å². The zero-order valence-corrected chi connectivity index (χ0v) is 12.4. The lowest BCUT2D eigenvalue weighted by Gasteiger charge is -2.24. The molecule has 1 atom stereocenters. The third-order valence-electron chi connectivity index (χ3n) is 3.86. The summed E-state index contributed by atoms with van der Waals surface area (Å²) in [5.41, 5.74) is 2.08. The summed E-state index contributed by atoms with van der Waals surface area (Å²) >= 11 is 0. The zero-order chi connectivity index (χ0) is 14.2. The molecule has 0 bridgehead atoms. The molecule has 1 aromatic heterocycles. The van der Waals surface area contributed by atoms with E-state index in [1.807, 2.05) is 30.5 Å². The monoisotopic (exact) mass is 284 g/mol. The summed E-state index contributed by atoms with van der Waals surface area (Å²) in [6.45, 7) is 4.19. The number of rotatable bonds is 3. The molecule has 1 aliphatic rings. The van der Waals surface area contributed by atoms with Crippen molar-refractivity contribution in [1.82, 2.24) is 9.47 Å². The molecule has 2 heterocycles. The minimum Gasteiger partial charge on any atom is -0.340 e. The van der Waals surface area contributed by atoms with Crippen LogP contribution in [0.25, 0.3) is 0 Å². The number of nitrogens with zero attached hydrogens (tertiary/aromatic N) is 2. The van der Waals surface area contributed by atoms with Crippen LogP contribution in [0, 0.1) is 13.8 Å². The van der Waals surface area contributed by atoms with Crippen molar-refractivity contribution in [2.45, 2.75) is 32.9 Å². The zero-order valence-electron chi connectivity index (χ0n) is 11.6. The van der Waals surface area contributed by atoms with E-state index in [1.165, 1.54) is 0 Å². The van der Waals surface area contributed by atoms with Crippen LogP contribution in [0.5, 0.6) is 0 Å². The molecule has 6 heteroatoms. The highest BCUT2D eigenvalue weighted by Crippen LogP contribution is 2.17. The fraction of sp³-hybridized carbons (Fsp3) is 0.615. The summed E-state index contributed by atoms with van der Waals surface area (Å²) in [6, 6.07) is 3.78. The third kappa shape index (κ3) is 3.00. The predicted octanol–water partition coefficient (Wildman–Crippen LogP) is 0.750. The van der Waals surface area contributed by atoms with E-state index in [0.717, 1.165) is 11.4 Å². The fourth-order valence-corrected chi connectivity index (χ4v) is 4.25. The number of hydrogen-bond acceptors (Lipinski definition) is 3. The Bertz CT molecular complexity index is 570. The van der Waals surface area contributed by atoms with Gasteiger partial charge < -0.3 is 9.47 Å². The summed E-state index contributed by atoms with van der Waals surface area (Å²) < 4.78 is 24.8. The van der Waals surface area contributed by atoms with Gasteiger partial charge in [-0.2, -0.15) is 0 Å². The predicted molar refractivity (Wildman–Crippen MR) is 73.7 cm³/mol. The molecule has 106 valence electrons. The fourth-order valence-electron chi connectivity index (χ4n) is 2.48. The van der Waals surface area contributed by atoms with Crippen molar-refractivity contribution in [2.24, 2.45) is 0 Å². The first-order valence-corrected chi connectivity index (χ1v) is 8.21. The van der Waals surface area contributed by atoms with Gasteiger partial charge in [0.2, 0.25) is 5.91 Å². The number of aryl methyl sites for hydroxylation is 2. The highest BCUT2D eigenvalue weighted by Gasteiger charge is 2.32. The number of carbonyl (C=O) groups is 1. The van der Waals surface area contributed by atoms with Crippen LogP contribution in [-0.2, 0) is 21.2 Å². The molecule has 5 nitrogen and oxygen atoms in total. The molecule has 1 aromatic rings. The van der Waals surface area contributed by atoms with E-state index in [4.69, 9.17) is 0 Å². The first-order valence-electron chi connectivity index (χ1n) is 6.39. The van der Waals surface area contributed by atoms with E-state index in [1.54, 1.807) is 11.9 Å². The van der Waals surface area contributed by atoms with Crippen LogP contribution < -0.4 is 0 Å². The molecule has 1 amide bonds. The number of likely N-dealkylation sites (N-methyl/N-ethyl adjacent to an activating group) is 1. The van der Waals surface area contributed by atoms with Gasteiger partial charge in [0.1, 0.15) is 6.54 Å². The standard InChI is InChI=1S/C13H20N2O3S/c1-10-4-5-11(2)15(10)8-13(16)14(3)12-6-7-19(17,18)9-12/h4-5,12H,6-9H2,1-3H3. The number of carbonyl (C=O) groups excluding carboxylic acids is 1. The lowest BCUT2D eigenvalue weighted by Crippen LogP contribution is -2.39. The maximum absolute atomic E-state index is 12.2. The van der Waals surface area contributed by atoms with Gasteiger partial charge >= 0.3 is 0 Å². The second kappa shape index (κ2) is 5.00. The van der Waals surface area contributed by atoms with Gasteiger partial charge in [-0.1, -0.05) is 0 Å². The minimum atomic E-state index is -2.95. The third-order valence-corrected chi connectivity index (χ3v) is 5.61. The molecule has 1 saturated heterocycles. The van der Waals surface area contributed by atoms with E-state index in [0.29, 0.717) is 6.42 Å². The second-order valence-electron chi connectivity index (χ2n) is 5.26. The van der Waals surface area contributed by atoms with Crippen molar-refractivity contribution in [3.63, 3.8) is 0 Å². The topological polar surface area (TPSA) is 59.4 Å². The average molecular weight is 284 g/mol. The van der Waals surface area contributed by atoms with Gasteiger partial charge in [-0.05, 0) is 32.4 Å². The Kier molecular flexibility index (Phi) is 3.71. The van der Waals surface area contributed by atoms with Crippen molar-refractivity contribution in [2.75, 3.05) is 18.6 Å². The summed E-state index contributed by atoms with van der Waals surface area (Å²) in [7, 11) is -1.26. The first-order chi connectivity index (χ1) is 8.80. The van der Waals surface area contributed by atoms with Crippen LogP contribution in [0.15, 0.2) is 12.1 Å². The summed E-state index contributed by atoms with van der Waals surface area (Å²) in [5.74, 6) is 0.250. The molecular weight excluding hydrogens is 264 g/mol. The molecule has 1 aliphatic heterocycles. The molecule has 0 aliphatic carbocycles. The number of sulfone groups is 1. The summed E-state index contributed by atoms with van der Waals surface area (Å²) in [4.78, 5) is 13.8. The minimum absolute atomic E-state index is 0.0375. The van der Waals surface area contributed by atoms with E-state index in [-0.39, 0.29) is 30.0 Å². The molecule has 0 aromatic carbocycles. The average Bonchev–Trinajstić information content (AvgIpc) is 2.84. The van der Waals surface area contributed by atoms with Crippen molar-refractivity contribution < 1.29 is 13.2 Å². The Morgan fingerprint density at radius 2 is 1.95 bits per heavy atom. The smallest absolute Gasteiger partial charge is 0.242 e. The number of aromatic nitrogens is 1. The maximum atomic E-state index is 12.2. The molecule has 2 rings (SSSR count). The van der Waals surface area contributed by atoms with Crippen LogP contribution in [-0.4, -0.2) is 48.4 Å². The van der Waals surface area contributed by atoms with Gasteiger partial charge in [0.25, 0.3) is 0 Å². The number of amides is 1. The molecule has 0 saturated carbocycles. The first kappa shape index (κ1) is 14.1. The summed E-state index contributed by atoms with van der Waals surface area (Å²) in [6.07, 6.45) is 0.550. The van der Waals surface area contributed by atoms with Gasteiger partial charge in [0.15, 0.2) is 9.84 Å². The Hall–Kier alpha value is -1.30. The number of hydrogen-bond donors (Lipinski definition) is 0. The van der Waals surface area contributed by atoms with Gasteiger partial charge in [-0.3, -0.25) is 4.79 Å². The van der Waals surface area contributed by atoms with Gasteiger partial charge in [-0.15, -0.1) is 0 Å². The second-order valence-corrected chi connectivity index (χ2v) is 7.49. The highest BCUT2D eigenvalue weighted by molar-refractivity contribution is 7.91. The largest absolute Gasteiger partial charge is 0.340 e. The van der Waals surface area contributed by atoms with Gasteiger partial charge in [0.05, 0.1) is 11.5 Å². The van der Waals surface area contributed by atoms with E-state index in [9.17, 15) is 13.2 Å². The van der Waals surface area contributed by atoms with Crippen LogP contribution in [0.3, 0.4) is 0 Å². The molecule has 1 unspecified atom stereocenters. The Labute approximate surface area is 114 Å². The Morgan fingerprint density at radius 1 is 1.37 bits per heavy atom. The Balaban J connectivity index is 2.05. The van der Waals surface area contributed by atoms with Crippen molar-refractivity contribution in [1.29, 1.82) is 0 Å². The Morgan fingerprint density at radius 3 is 2.42 bits per heavy atom. The van der Waals surface area contributed by atoms with Crippen LogP contribution in [0.2, 0.25) is 0 Å². The van der Waals surface area contributed by atoms with E-state index < -0.39 is 9.84 Å². The van der Waals surface area contributed by atoms with Crippen LogP contribution in [0.4, 0.5) is 0 Å². The van der Waals surface area contributed by atoms with Gasteiger partial charge in [0, 0.05) is 24.5 Å². The maximum Gasteiger partial charge on any atom is 0.242 e. The lowest BCUT2D eigenvalue weighted by atomic mass is 10.2. The van der Waals surface area contributed by atoms with Crippen LogP contribution >= 0.6 is 0 Å². The normalized spacial score (nSPS) is 21.5. The van der Waals surface area contributed by atoms with Gasteiger partial charge in [-0.25, -0.2) is 8.42 Å². The molecule has 19 heavy (non-hydrogen) atoms. The van der Waals surface area contributed by atoms with Crippen molar-refractivity contribution >= 4 is 15.7 Å². The molecule has 1 fully saturated rings. The molecule has 0 spiro atoms. The quantitative estimate of drug-likeness (QED) is 0.823. The lowest BCUT2D eigenvalue weighted by molar-refractivity contribution is -0.132. The SMILES string of the molecule is Cc1ccc(C)n1CC(=O)N(C)C1CCS(=O)(=O)C1. The molecule has 0 N–H and O–H groups in total. The highest BCUT2D eigenvalue weighted by atomic mass is 32.2. The van der Waals surface area contributed by atoms with Crippen LogP contribution in [0.1, 0.15) is 17.8 Å².